The number of anilines is 3. The molecule has 36 heavy (non-hydrogen) atoms. The van der Waals surface area contributed by atoms with Gasteiger partial charge in [-0.15, -0.1) is 23.5 Å². The molecule has 0 radical (unpaired) electrons. The Morgan fingerprint density at radius 3 is 2.69 bits per heavy atom. The third kappa shape index (κ3) is 5.53. The van der Waals surface area contributed by atoms with Gasteiger partial charge < -0.3 is 10.6 Å². The zero-order chi connectivity index (χ0) is 25.1. The Morgan fingerprint density at radius 1 is 1.00 bits per heavy atom. The predicted molar refractivity (Wildman–Crippen MR) is 150 cm³/mol. The molecule has 0 bridgehead atoms. The van der Waals surface area contributed by atoms with Crippen molar-refractivity contribution in [2.45, 2.75) is 21.1 Å². The molecular formula is C27H21BrFN3O2S2. The van der Waals surface area contributed by atoms with Gasteiger partial charge in [-0.2, -0.15) is 0 Å². The highest BCUT2D eigenvalue weighted by molar-refractivity contribution is 9.10. The lowest BCUT2D eigenvalue weighted by Gasteiger charge is -2.40. The summed E-state index contributed by atoms with van der Waals surface area (Å²) in [5.74, 6) is -0.721. The molecule has 2 aliphatic rings. The van der Waals surface area contributed by atoms with E-state index in [0.717, 1.165) is 15.5 Å². The normalized spacial score (nSPS) is 17.8. The molecule has 5 nitrogen and oxygen atoms in total. The molecule has 3 aromatic carbocycles. The molecule has 0 fully saturated rings. The molecule has 0 aromatic heterocycles. The minimum Gasteiger partial charge on any atom is -0.323 e. The number of carbonyl (C=O) groups is 2. The molecule has 0 saturated carbocycles. The number of nitrogens with one attached hydrogen (secondary N) is 2. The van der Waals surface area contributed by atoms with E-state index in [9.17, 15) is 14.0 Å². The standard InChI is InChI=1S/C27H21BrFN3O2S2/c28-17-12-13-21(20(29)14-17)31-26(33)16-35-19-7-5-6-18(15-19)30-27(34)32-22-8-1-3-10-24(22)36-25-11-4-2-9-23(25)32/h1-15,22,24H,16H2,(H,30,34)(H,31,33). The lowest BCUT2D eigenvalue weighted by Crippen LogP contribution is -2.49. The average molecular weight is 583 g/mol. The maximum atomic E-state index is 14.0. The Balaban J connectivity index is 1.26. The highest BCUT2D eigenvalue weighted by Gasteiger charge is 2.36. The first-order valence-corrected chi connectivity index (χ1v) is 13.8. The van der Waals surface area contributed by atoms with Gasteiger partial charge in [-0.1, -0.05) is 58.4 Å². The first-order valence-electron chi connectivity index (χ1n) is 11.2. The fourth-order valence-electron chi connectivity index (χ4n) is 4.00. The van der Waals surface area contributed by atoms with E-state index in [0.29, 0.717) is 10.2 Å². The smallest absolute Gasteiger partial charge is 0.323 e. The van der Waals surface area contributed by atoms with Crippen molar-refractivity contribution >= 4 is 68.5 Å². The molecule has 3 amide bonds. The van der Waals surface area contributed by atoms with Crippen molar-refractivity contribution in [1.82, 2.24) is 0 Å². The monoisotopic (exact) mass is 581 g/mol. The van der Waals surface area contributed by atoms with Crippen LogP contribution in [0.5, 0.6) is 0 Å². The van der Waals surface area contributed by atoms with Gasteiger partial charge in [0.25, 0.3) is 0 Å². The lowest BCUT2D eigenvalue weighted by atomic mass is 10.1. The summed E-state index contributed by atoms with van der Waals surface area (Å²) in [6.07, 6.45) is 8.15. The molecule has 2 unspecified atom stereocenters. The van der Waals surface area contributed by atoms with Crippen molar-refractivity contribution in [2.75, 3.05) is 21.3 Å². The van der Waals surface area contributed by atoms with Crippen molar-refractivity contribution < 1.29 is 14.0 Å². The summed E-state index contributed by atoms with van der Waals surface area (Å²) in [6.45, 7) is 0. The van der Waals surface area contributed by atoms with Crippen molar-refractivity contribution in [3.8, 4) is 0 Å². The second-order valence-corrected chi connectivity index (χ2v) is 11.3. The van der Waals surface area contributed by atoms with Gasteiger partial charge in [0, 0.05) is 20.0 Å². The van der Waals surface area contributed by atoms with Crippen LogP contribution in [0.2, 0.25) is 0 Å². The highest BCUT2D eigenvalue weighted by Crippen LogP contribution is 2.43. The number of hydrogen-bond donors (Lipinski definition) is 2. The second kappa shape index (κ2) is 10.9. The summed E-state index contributed by atoms with van der Waals surface area (Å²) in [5.41, 5.74) is 1.64. The SMILES string of the molecule is O=C(CSc1cccc(NC(=O)N2c3ccccc3SC3C=CC=CC32)c1)Nc1ccc(Br)cc1F. The first-order chi connectivity index (χ1) is 17.5. The van der Waals surface area contributed by atoms with Gasteiger partial charge in [0.05, 0.1) is 28.4 Å². The van der Waals surface area contributed by atoms with Gasteiger partial charge >= 0.3 is 6.03 Å². The number of fused-ring (bicyclic) bond motifs is 2. The Bertz CT molecular complexity index is 1380. The summed E-state index contributed by atoms with van der Waals surface area (Å²) in [7, 11) is 0. The molecule has 0 spiro atoms. The Morgan fingerprint density at radius 2 is 1.83 bits per heavy atom. The van der Waals surface area contributed by atoms with Crippen LogP contribution < -0.4 is 15.5 Å². The van der Waals surface area contributed by atoms with Crippen LogP contribution in [-0.4, -0.2) is 29.0 Å². The average Bonchev–Trinajstić information content (AvgIpc) is 2.88. The van der Waals surface area contributed by atoms with E-state index in [4.69, 9.17) is 0 Å². The molecular weight excluding hydrogens is 561 g/mol. The van der Waals surface area contributed by atoms with Gasteiger partial charge in [0.2, 0.25) is 5.91 Å². The van der Waals surface area contributed by atoms with Gasteiger partial charge in [-0.3, -0.25) is 9.69 Å². The van der Waals surface area contributed by atoms with Crippen molar-refractivity contribution in [3.63, 3.8) is 0 Å². The van der Waals surface area contributed by atoms with Gasteiger partial charge in [-0.05, 0) is 48.5 Å². The molecule has 9 heteroatoms. The van der Waals surface area contributed by atoms with Gasteiger partial charge in [0.1, 0.15) is 5.82 Å². The Labute approximate surface area is 225 Å². The summed E-state index contributed by atoms with van der Waals surface area (Å²) < 4.78 is 14.6. The fourth-order valence-corrected chi connectivity index (χ4v) is 6.35. The van der Waals surface area contributed by atoms with Crippen LogP contribution in [0.15, 0.2) is 105 Å². The van der Waals surface area contributed by atoms with Crippen LogP contribution in [-0.2, 0) is 4.79 Å². The topological polar surface area (TPSA) is 61.4 Å². The summed E-state index contributed by atoms with van der Waals surface area (Å²) in [6, 6.07) is 19.4. The van der Waals surface area contributed by atoms with E-state index >= 15 is 0 Å². The van der Waals surface area contributed by atoms with E-state index in [2.05, 4.69) is 32.6 Å². The van der Waals surface area contributed by atoms with Crippen LogP contribution in [0.1, 0.15) is 0 Å². The number of nitrogens with zero attached hydrogens (tertiary/aromatic N) is 1. The number of halogens is 2. The second-order valence-electron chi connectivity index (χ2n) is 8.10. The Kier molecular flexibility index (Phi) is 7.50. The number of thioether (sulfide) groups is 2. The molecule has 5 rings (SSSR count). The molecule has 2 atom stereocenters. The number of hydrogen-bond acceptors (Lipinski definition) is 4. The van der Waals surface area contributed by atoms with Crippen LogP contribution in [0, 0.1) is 5.82 Å². The minimum absolute atomic E-state index is 0.0878. The van der Waals surface area contributed by atoms with Crippen LogP contribution in [0.3, 0.4) is 0 Å². The molecule has 1 aliphatic heterocycles. The van der Waals surface area contributed by atoms with Crippen LogP contribution >= 0.6 is 39.5 Å². The van der Waals surface area contributed by atoms with E-state index in [1.165, 1.54) is 23.9 Å². The van der Waals surface area contributed by atoms with Crippen LogP contribution in [0.4, 0.5) is 26.2 Å². The minimum atomic E-state index is -0.504. The maximum Gasteiger partial charge on any atom is 0.326 e. The number of urea groups is 1. The third-order valence-electron chi connectivity index (χ3n) is 5.62. The van der Waals surface area contributed by atoms with Crippen molar-refractivity contribution in [1.29, 1.82) is 0 Å². The summed E-state index contributed by atoms with van der Waals surface area (Å²) in [4.78, 5) is 29.5. The van der Waals surface area contributed by atoms with Gasteiger partial charge in [0.15, 0.2) is 0 Å². The number of benzene rings is 3. The summed E-state index contributed by atoms with van der Waals surface area (Å²) in [5, 5.41) is 5.75. The highest BCUT2D eigenvalue weighted by atomic mass is 79.9. The molecule has 1 aliphatic carbocycles. The van der Waals surface area contributed by atoms with Crippen molar-refractivity contribution in [2.24, 2.45) is 0 Å². The number of amides is 3. The lowest BCUT2D eigenvalue weighted by molar-refractivity contribution is -0.113. The third-order valence-corrected chi connectivity index (χ3v) is 8.42. The molecule has 2 N–H and O–H groups in total. The number of carbonyl (C=O) groups excluding carboxylic acids is 2. The quantitative estimate of drug-likeness (QED) is 0.310. The zero-order valence-corrected chi connectivity index (χ0v) is 22.1. The zero-order valence-electron chi connectivity index (χ0n) is 18.9. The van der Waals surface area contributed by atoms with Crippen LogP contribution in [0.25, 0.3) is 0 Å². The largest absolute Gasteiger partial charge is 0.326 e. The number of allylic oxidation sites excluding steroid dienone is 2. The first kappa shape index (κ1) is 24.7. The Hall–Kier alpha value is -3.01. The van der Waals surface area contributed by atoms with E-state index < -0.39 is 5.82 Å². The molecule has 3 aromatic rings. The van der Waals surface area contributed by atoms with E-state index in [1.54, 1.807) is 22.7 Å². The van der Waals surface area contributed by atoms with E-state index in [-0.39, 0.29) is 34.7 Å². The number of para-hydroxylation sites is 1. The molecule has 182 valence electrons. The molecule has 0 saturated heterocycles. The predicted octanol–water partition coefficient (Wildman–Crippen LogP) is 7.33. The maximum absolute atomic E-state index is 14.0. The van der Waals surface area contributed by atoms with E-state index in [1.807, 2.05) is 66.8 Å². The molecule has 1 heterocycles. The number of rotatable bonds is 5. The fraction of sp³-hybridized carbons (Fsp3) is 0.111. The summed E-state index contributed by atoms with van der Waals surface area (Å²) >= 11 is 6.26. The van der Waals surface area contributed by atoms with Gasteiger partial charge in [-0.25, -0.2) is 9.18 Å². The van der Waals surface area contributed by atoms with Crippen molar-refractivity contribution in [3.05, 3.63) is 101 Å².